The molecule has 1 heterocycles. The molecule has 126 valence electrons. The predicted octanol–water partition coefficient (Wildman–Crippen LogP) is 1.98. The zero-order valence-electron chi connectivity index (χ0n) is 12.9. The second-order valence-electron chi connectivity index (χ2n) is 6.52. The van der Waals surface area contributed by atoms with E-state index in [2.05, 4.69) is 26.0 Å². The number of esters is 2. The minimum absolute atomic E-state index is 0.0441. The van der Waals surface area contributed by atoms with Gasteiger partial charge in [-0.3, -0.25) is 9.59 Å². The van der Waals surface area contributed by atoms with Crippen molar-refractivity contribution >= 4 is 39.5 Å². The van der Waals surface area contributed by atoms with Crippen molar-refractivity contribution in [1.29, 1.82) is 0 Å². The Morgan fingerprint density at radius 1 is 1.25 bits per heavy atom. The maximum Gasteiger partial charge on any atom is 0.337 e. The Balaban J connectivity index is 1.51. The van der Waals surface area contributed by atoms with Crippen molar-refractivity contribution in [3.05, 3.63) is 29.8 Å². The van der Waals surface area contributed by atoms with E-state index in [1.54, 1.807) is 24.3 Å². The lowest BCUT2D eigenvalue weighted by Crippen LogP contribution is -2.40. The maximum atomic E-state index is 12.7. The smallest absolute Gasteiger partial charge is 0.337 e. The first kappa shape index (κ1) is 15.6. The number of anilines is 1. The second-order valence-corrected chi connectivity index (χ2v) is 7.58. The molecule has 3 fully saturated rings. The number of rotatable bonds is 3. The number of hydrogen-bond donors (Lipinski definition) is 1. The molecule has 1 aromatic rings. The van der Waals surface area contributed by atoms with Gasteiger partial charge in [0.2, 0.25) is 5.91 Å². The maximum absolute atomic E-state index is 12.7. The van der Waals surface area contributed by atoms with Crippen molar-refractivity contribution in [3.63, 3.8) is 0 Å². The number of fused-ring (bicyclic) bond motifs is 1. The third-order valence-electron chi connectivity index (χ3n) is 5.40. The Bertz CT molecular complexity index is 718. The largest absolute Gasteiger partial charge is 0.465 e. The third-order valence-corrected chi connectivity index (χ3v) is 6.60. The van der Waals surface area contributed by atoms with Crippen LogP contribution in [-0.4, -0.2) is 35.9 Å². The van der Waals surface area contributed by atoms with Crippen LogP contribution >= 0.6 is 15.9 Å². The van der Waals surface area contributed by atoms with Gasteiger partial charge in [-0.15, -0.1) is 0 Å². The average Bonchev–Trinajstić information content (AvgIpc) is 3.19. The van der Waals surface area contributed by atoms with Crippen molar-refractivity contribution in [2.45, 2.75) is 17.4 Å². The van der Waals surface area contributed by atoms with Crippen molar-refractivity contribution in [3.8, 4) is 0 Å². The summed E-state index contributed by atoms with van der Waals surface area (Å²) in [5.74, 6) is -1.29. The van der Waals surface area contributed by atoms with Crippen molar-refractivity contribution in [2.24, 2.45) is 23.7 Å². The molecule has 6 atom stereocenters. The minimum Gasteiger partial charge on any atom is -0.465 e. The van der Waals surface area contributed by atoms with Crippen LogP contribution in [0.1, 0.15) is 16.8 Å². The zero-order valence-corrected chi connectivity index (χ0v) is 14.5. The van der Waals surface area contributed by atoms with E-state index in [9.17, 15) is 14.4 Å². The van der Waals surface area contributed by atoms with E-state index >= 15 is 0 Å². The highest BCUT2D eigenvalue weighted by Crippen LogP contribution is 2.60. The fraction of sp³-hybridized carbons (Fsp3) is 0.471. The Labute approximate surface area is 147 Å². The number of carbonyl (C=O) groups excluding carboxylic acids is 3. The van der Waals surface area contributed by atoms with Crippen molar-refractivity contribution in [2.75, 3.05) is 12.4 Å². The lowest BCUT2D eigenvalue weighted by atomic mass is 9.79. The third kappa shape index (κ3) is 2.17. The molecule has 2 aliphatic carbocycles. The van der Waals surface area contributed by atoms with Crippen LogP contribution in [0.3, 0.4) is 0 Å². The van der Waals surface area contributed by atoms with E-state index in [0.29, 0.717) is 11.3 Å². The molecule has 1 saturated heterocycles. The molecule has 3 aliphatic rings. The summed E-state index contributed by atoms with van der Waals surface area (Å²) in [5.41, 5.74) is 1.00. The summed E-state index contributed by atoms with van der Waals surface area (Å²) < 4.78 is 10.1. The van der Waals surface area contributed by atoms with Gasteiger partial charge in [-0.05, 0) is 36.6 Å². The molecule has 1 N–H and O–H groups in total. The van der Waals surface area contributed by atoms with Crippen molar-refractivity contribution in [1.82, 2.24) is 0 Å². The summed E-state index contributed by atoms with van der Waals surface area (Å²) in [6, 6.07) is 6.49. The molecule has 0 radical (unpaired) electrons. The van der Waals surface area contributed by atoms with Crippen LogP contribution in [0.15, 0.2) is 24.3 Å². The molecule has 0 spiro atoms. The summed E-state index contributed by atoms with van der Waals surface area (Å²) in [6.45, 7) is 0. The van der Waals surface area contributed by atoms with Gasteiger partial charge in [-0.25, -0.2) is 4.79 Å². The number of amides is 1. The quantitative estimate of drug-likeness (QED) is 0.627. The Hall–Kier alpha value is -1.89. The number of carbonyl (C=O) groups is 3. The van der Waals surface area contributed by atoms with Crippen LogP contribution in [0, 0.1) is 23.7 Å². The van der Waals surface area contributed by atoms with Crippen LogP contribution in [-0.2, 0) is 19.1 Å². The van der Waals surface area contributed by atoms with Gasteiger partial charge in [0.1, 0.15) is 6.10 Å². The lowest BCUT2D eigenvalue weighted by molar-refractivity contribution is -0.145. The highest BCUT2D eigenvalue weighted by atomic mass is 79.9. The molecule has 7 heteroatoms. The predicted molar refractivity (Wildman–Crippen MR) is 87.6 cm³/mol. The van der Waals surface area contributed by atoms with Crippen LogP contribution in [0.25, 0.3) is 0 Å². The lowest BCUT2D eigenvalue weighted by Gasteiger charge is -2.27. The molecular weight excluding hydrogens is 378 g/mol. The van der Waals surface area contributed by atoms with Gasteiger partial charge >= 0.3 is 11.9 Å². The van der Waals surface area contributed by atoms with Crippen LogP contribution in [0.2, 0.25) is 0 Å². The molecule has 0 unspecified atom stereocenters. The number of methoxy groups -OCH3 is 1. The zero-order chi connectivity index (χ0) is 17.0. The second kappa shape index (κ2) is 5.58. The normalized spacial score (nSPS) is 35.7. The molecule has 1 aromatic carbocycles. The number of hydrogen-bond acceptors (Lipinski definition) is 5. The van der Waals surface area contributed by atoms with Gasteiger partial charge in [-0.1, -0.05) is 15.9 Å². The van der Waals surface area contributed by atoms with Gasteiger partial charge in [-0.2, -0.15) is 0 Å². The summed E-state index contributed by atoms with van der Waals surface area (Å²) in [6.07, 6.45) is 0.756. The van der Waals surface area contributed by atoms with E-state index in [1.165, 1.54) is 7.11 Å². The van der Waals surface area contributed by atoms with Crippen LogP contribution < -0.4 is 5.32 Å². The SMILES string of the molecule is COC(=O)c1ccc(NC(=O)[C@@H]2[C@H]3C[C@H]4[C@H](OC(=O)[C@@H]42)[C@H]3Br)cc1. The molecule has 6 nitrogen and oxygen atoms in total. The van der Waals surface area contributed by atoms with Gasteiger partial charge in [0.05, 0.1) is 29.3 Å². The first-order valence-electron chi connectivity index (χ1n) is 7.85. The van der Waals surface area contributed by atoms with E-state index < -0.39 is 5.97 Å². The fourth-order valence-corrected chi connectivity index (χ4v) is 5.41. The molecule has 2 saturated carbocycles. The Morgan fingerprint density at radius 2 is 1.96 bits per heavy atom. The first-order valence-corrected chi connectivity index (χ1v) is 8.76. The fourth-order valence-electron chi connectivity index (χ4n) is 4.36. The van der Waals surface area contributed by atoms with E-state index in [1.807, 2.05) is 0 Å². The monoisotopic (exact) mass is 393 g/mol. The summed E-state index contributed by atoms with van der Waals surface area (Å²) in [5, 5.41) is 2.86. The van der Waals surface area contributed by atoms with Gasteiger partial charge in [0, 0.05) is 11.6 Å². The summed E-state index contributed by atoms with van der Waals surface area (Å²) in [4.78, 5) is 36.3. The van der Waals surface area contributed by atoms with E-state index in [4.69, 9.17) is 4.74 Å². The summed E-state index contributed by atoms with van der Waals surface area (Å²) >= 11 is 3.60. The van der Waals surface area contributed by atoms with Gasteiger partial charge in [0.25, 0.3) is 0 Å². The van der Waals surface area contributed by atoms with Gasteiger partial charge in [0.15, 0.2) is 0 Å². The Morgan fingerprint density at radius 3 is 2.62 bits per heavy atom. The van der Waals surface area contributed by atoms with Gasteiger partial charge < -0.3 is 14.8 Å². The average molecular weight is 394 g/mol. The molecule has 1 amide bonds. The highest BCUT2D eigenvalue weighted by molar-refractivity contribution is 9.09. The van der Waals surface area contributed by atoms with Crippen LogP contribution in [0.4, 0.5) is 5.69 Å². The highest BCUT2D eigenvalue weighted by Gasteiger charge is 2.67. The van der Waals surface area contributed by atoms with E-state index in [0.717, 1.165) is 6.42 Å². The molecule has 2 bridgehead atoms. The minimum atomic E-state index is -0.428. The standard InChI is InChI=1S/C17H16BrNO5/c1-23-16(21)7-2-4-8(5-3-7)19-15(20)11-9-6-10-12(11)17(22)24-14(10)13(9)18/h2-5,9-14H,6H2,1H3,(H,19,20)/t9-,10-,11-,12+,13+,14+/m1/s1. The molecule has 24 heavy (non-hydrogen) atoms. The number of ether oxygens (including phenoxy) is 2. The first-order chi connectivity index (χ1) is 11.5. The molecular formula is C17H16BrNO5. The summed E-state index contributed by atoms with van der Waals surface area (Å²) in [7, 11) is 1.32. The molecule has 4 rings (SSSR count). The number of benzene rings is 1. The van der Waals surface area contributed by atoms with Crippen molar-refractivity contribution < 1.29 is 23.9 Å². The van der Waals surface area contributed by atoms with E-state index in [-0.39, 0.29) is 46.5 Å². The Kier molecular flexibility index (Phi) is 3.63. The topological polar surface area (TPSA) is 81.7 Å². The molecule has 1 aliphatic heterocycles. The van der Waals surface area contributed by atoms with Crippen LogP contribution in [0.5, 0.6) is 0 Å². The number of nitrogens with one attached hydrogen (secondary N) is 1. The number of alkyl halides is 1. The molecule has 0 aromatic heterocycles. The number of halogens is 1.